The highest BCUT2D eigenvalue weighted by atomic mass is 19.1. The third-order valence-electron chi connectivity index (χ3n) is 9.43. The summed E-state index contributed by atoms with van der Waals surface area (Å²) in [5, 5.41) is 1.39. The summed E-state index contributed by atoms with van der Waals surface area (Å²) in [6.07, 6.45) is 3.98. The Morgan fingerprint density at radius 1 is 0.638 bits per heavy atom. The molecule has 0 fully saturated rings. The van der Waals surface area contributed by atoms with Crippen molar-refractivity contribution in [3.63, 3.8) is 0 Å². The number of benzene rings is 5. The minimum Gasteiger partial charge on any atom is -0.497 e. The first-order valence-corrected chi connectivity index (χ1v) is 15.1. The van der Waals surface area contributed by atoms with Crippen LogP contribution < -0.4 is 28.4 Å². The average molecular weight is 637 g/mol. The van der Waals surface area contributed by atoms with E-state index in [1.807, 2.05) is 42.5 Å². The van der Waals surface area contributed by atoms with E-state index in [0.29, 0.717) is 51.0 Å². The second kappa shape index (κ2) is 10.9. The molecule has 0 bridgehead atoms. The fourth-order valence-corrected chi connectivity index (χ4v) is 7.22. The van der Waals surface area contributed by atoms with Gasteiger partial charge in [-0.2, -0.15) is 0 Å². The Morgan fingerprint density at radius 2 is 1.26 bits per heavy atom. The first kappa shape index (κ1) is 30.4. The first-order valence-electron chi connectivity index (χ1n) is 15.1. The number of ether oxygens (including phenoxy) is 6. The van der Waals surface area contributed by atoms with Gasteiger partial charge in [0, 0.05) is 33.6 Å². The molecule has 0 aromatic heterocycles. The van der Waals surface area contributed by atoms with Crippen LogP contribution in [0.25, 0.3) is 28.0 Å². The quantitative estimate of drug-likeness (QED) is 0.178. The van der Waals surface area contributed by atoms with Crippen LogP contribution in [0.3, 0.4) is 0 Å². The van der Waals surface area contributed by atoms with Gasteiger partial charge in [-0.15, -0.1) is 0 Å². The summed E-state index contributed by atoms with van der Waals surface area (Å²) in [6, 6.07) is 18.8. The van der Waals surface area contributed by atoms with Gasteiger partial charge in [-0.05, 0) is 82.2 Å². The maximum absolute atomic E-state index is 15.2. The molecule has 2 aliphatic rings. The molecular formula is C39H34F2O6. The Bertz CT molecular complexity index is 2070. The molecule has 6 nitrogen and oxygen atoms in total. The number of hydrogen-bond donors (Lipinski definition) is 0. The molecule has 47 heavy (non-hydrogen) atoms. The van der Waals surface area contributed by atoms with Crippen LogP contribution >= 0.6 is 0 Å². The molecule has 1 aliphatic heterocycles. The molecule has 5 aromatic carbocycles. The zero-order valence-corrected chi connectivity index (χ0v) is 27.2. The van der Waals surface area contributed by atoms with Gasteiger partial charge in [0.25, 0.3) is 0 Å². The highest BCUT2D eigenvalue weighted by Crippen LogP contribution is 2.59. The third-order valence-corrected chi connectivity index (χ3v) is 9.43. The van der Waals surface area contributed by atoms with Gasteiger partial charge in [0.05, 0.1) is 35.5 Å². The van der Waals surface area contributed by atoms with Gasteiger partial charge in [-0.1, -0.05) is 32.1 Å². The van der Waals surface area contributed by atoms with Crippen LogP contribution in [0.5, 0.6) is 34.5 Å². The van der Waals surface area contributed by atoms with E-state index in [1.165, 1.54) is 18.2 Å². The molecular weight excluding hydrogens is 602 g/mol. The van der Waals surface area contributed by atoms with Gasteiger partial charge in [0.2, 0.25) is 5.75 Å². The van der Waals surface area contributed by atoms with E-state index in [-0.39, 0.29) is 5.82 Å². The zero-order valence-electron chi connectivity index (χ0n) is 27.2. The lowest BCUT2D eigenvalue weighted by atomic mass is 9.76. The largest absolute Gasteiger partial charge is 0.497 e. The predicted molar refractivity (Wildman–Crippen MR) is 178 cm³/mol. The van der Waals surface area contributed by atoms with E-state index in [9.17, 15) is 4.39 Å². The van der Waals surface area contributed by atoms with Crippen LogP contribution in [0.15, 0.2) is 72.8 Å². The Balaban J connectivity index is 1.59. The van der Waals surface area contributed by atoms with Crippen LogP contribution in [0.4, 0.5) is 8.78 Å². The van der Waals surface area contributed by atoms with Gasteiger partial charge in [0.1, 0.15) is 28.9 Å². The van der Waals surface area contributed by atoms with E-state index >= 15 is 4.39 Å². The summed E-state index contributed by atoms with van der Waals surface area (Å²) < 4.78 is 65.6. The molecule has 1 atom stereocenters. The SMILES string of the molecule is COc1cc(OC)cc(C2(c3cc(OC)c(OC)c(OC)c3)C=Cc3c4c(c5ccc(F)cc5c3O2)-c2ccc(F)cc2C4(C)C)c1. The van der Waals surface area contributed by atoms with Gasteiger partial charge >= 0.3 is 0 Å². The van der Waals surface area contributed by atoms with E-state index in [4.69, 9.17) is 28.4 Å². The Kier molecular flexibility index (Phi) is 7.08. The second-order valence-electron chi connectivity index (χ2n) is 12.2. The molecule has 0 radical (unpaired) electrons. The molecule has 1 heterocycles. The average Bonchev–Trinajstić information content (AvgIpc) is 3.32. The Morgan fingerprint density at radius 3 is 1.87 bits per heavy atom. The van der Waals surface area contributed by atoms with Crippen LogP contribution in [-0.4, -0.2) is 35.5 Å². The van der Waals surface area contributed by atoms with Crippen LogP contribution in [0.1, 0.15) is 41.7 Å². The molecule has 0 saturated carbocycles. The lowest BCUT2D eigenvalue weighted by molar-refractivity contribution is 0.161. The zero-order chi connectivity index (χ0) is 33.2. The Labute approximate surface area is 272 Å². The highest BCUT2D eigenvalue weighted by Gasteiger charge is 2.45. The molecule has 5 aromatic rings. The third kappa shape index (κ3) is 4.42. The van der Waals surface area contributed by atoms with E-state index in [2.05, 4.69) is 13.8 Å². The fourth-order valence-electron chi connectivity index (χ4n) is 7.22. The normalized spacial score (nSPS) is 17.0. The van der Waals surface area contributed by atoms with Crippen molar-refractivity contribution in [2.45, 2.75) is 24.9 Å². The second-order valence-corrected chi connectivity index (χ2v) is 12.2. The summed E-state index contributed by atoms with van der Waals surface area (Å²) in [5.74, 6) is 2.16. The lowest BCUT2D eigenvalue weighted by Crippen LogP contribution is -2.35. The van der Waals surface area contributed by atoms with Crippen molar-refractivity contribution in [1.29, 1.82) is 0 Å². The van der Waals surface area contributed by atoms with Crippen LogP contribution in [-0.2, 0) is 11.0 Å². The van der Waals surface area contributed by atoms with Crippen molar-refractivity contribution < 1.29 is 37.2 Å². The minimum atomic E-state index is -1.31. The first-order chi connectivity index (χ1) is 22.6. The summed E-state index contributed by atoms with van der Waals surface area (Å²) in [4.78, 5) is 0. The van der Waals surface area contributed by atoms with Crippen molar-refractivity contribution in [3.8, 4) is 45.6 Å². The maximum Gasteiger partial charge on any atom is 0.203 e. The molecule has 0 amide bonds. The maximum atomic E-state index is 15.2. The summed E-state index contributed by atoms with van der Waals surface area (Å²) in [5.41, 5.74) is 3.92. The number of fused-ring (bicyclic) bond motifs is 8. The summed E-state index contributed by atoms with van der Waals surface area (Å²) in [6.45, 7) is 4.16. The number of rotatable bonds is 7. The summed E-state index contributed by atoms with van der Waals surface area (Å²) in [7, 11) is 7.82. The molecule has 1 unspecified atom stereocenters. The van der Waals surface area contributed by atoms with E-state index in [0.717, 1.165) is 33.2 Å². The van der Waals surface area contributed by atoms with E-state index in [1.54, 1.807) is 53.7 Å². The standard InChI is InChI=1S/C39H34F2O6/c1-38(2)31-19-24(41)9-11-28(31)34-27-10-8-23(40)18-30(27)36-29(35(34)38)12-13-39(47-36,21-14-25(42-3)20-26(15-21)43-4)22-16-32(44-5)37(46-7)33(17-22)45-6/h8-20H,1-7H3. The molecule has 240 valence electrons. The molecule has 7 rings (SSSR count). The van der Waals surface area contributed by atoms with Crippen molar-refractivity contribution in [1.82, 2.24) is 0 Å². The van der Waals surface area contributed by atoms with Gasteiger partial charge in [-0.3, -0.25) is 0 Å². The monoisotopic (exact) mass is 636 g/mol. The van der Waals surface area contributed by atoms with Crippen molar-refractivity contribution in [3.05, 3.63) is 112 Å². The minimum absolute atomic E-state index is 0.311. The highest BCUT2D eigenvalue weighted by molar-refractivity contribution is 6.08. The smallest absolute Gasteiger partial charge is 0.203 e. The number of halogens is 2. The fraction of sp³-hybridized carbons (Fsp3) is 0.231. The summed E-state index contributed by atoms with van der Waals surface area (Å²) >= 11 is 0. The number of methoxy groups -OCH3 is 5. The van der Waals surface area contributed by atoms with Crippen molar-refractivity contribution in [2.24, 2.45) is 0 Å². The molecule has 0 saturated heterocycles. The van der Waals surface area contributed by atoms with Gasteiger partial charge in [0.15, 0.2) is 17.1 Å². The van der Waals surface area contributed by atoms with Crippen LogP contribution in [0.2, 0.25) is 0 Å². The molecule has 1 aliphatic carbocycles. The molecule has 0 N–H and O–H groups in total. The van der Waals surface area contributed by atoms with Crippen molar-refractivity contribution in [2.75, 3.05) is 35.5 Å². The lowest BCUT2D eigenvalue weighted by Gasteiger charge is -2.39. The molecule has 0 spiro atoms. The molecule has 8 heteroatoms. The van der Waals surface area contributed by atoms with Crippen LogP contribution in [0, 0.1) is 11.6 Å². The predicted octanol–water partition coefficient (Wildman–Crippen LogP) is 8.82. The Hall–Kier alpha value is -5.24. The number of hydrogen-bond acceptors (Lipinski definition) is 6. The topological polar surface area (TPSA) is 55.4 Å². The van der Waals surface area contributed by atoms with E-state index < -0.39 is 16.8 Å². The van der Waals surface area contributed by atoms with Gasteiger partial charge in [-0.25, -0.2) is 8.78 Å². The van der Waals surface area contributed by atoms with Crippen molar-refractivity contribution >= 4 is 16.8 Å². The van der Waals surface area contributed by atoms with Gasteiger partial charge < -0.3 is 28.4 Å².